The van der Waals surface area contributed by atoms with Crippen molar-refractivity contribution in [2.75, 3.05) is 0 Å². The van der Waals surface area contributed by atoms with Crippen LogP contribution in [0.1, 0.15) is 16.7 Å². The molecule has 0 bridgehead atoms. The Balaban J connectivity index is 1.63. The Kier molecular flexibility index (Phi) is 5.50. The van der Waals surface area contributed by atoms with Gasteiger partial charge in [0.05, 0.1) is 11.2 Å². The van der Waals surface area contributed by atoms with Crippen molar-refractivity contribution < 1.29 is 0 Å². The molecule has 0 saturated heterocycles. The fourth-order valence-electron chi connectivity index (χ4n) is 4.55. The highest BCUT2D eigenvalue weighted by molar-refractivity contribution is 5.81. The van der Waals surface area contributed by atoms with Crippen molar-refractivity contribution >= 4 is 22.3 Å². The quantitative estimate of drug-likeness (QED) is 0.362. The summed E-state index contributed by atoms with van der Waals surface area (Å²) in [5.41, 5.74) is 7.56. The zero-order valence-electron chi connectivity index (χ0n) is 19.1. The van der Waals surface area contributed by atoms with Crippen molar-refractivity contribution in [3.63, 3.8) is 0 Å². The minimum Gasteiger partial charge on any atom is -0.212 e. The molecule has 0 atom stereocenters. The number of para-hydroxylation sites is 1. The van der Waals surface area contributed by atoms with E-state index in [1.165, 1.54) is 21.9 Å². The summed E-state index contributed by atoms with van der Waals surface area (Å²) in [6.45, 7) is 0. The van der Waals surface area contributed by atoms with E-state index in [0.29, 0.717) is 0 Å². The third kappa shape index (κ3) is 4.04. The van der Waals surface area contributed by atoms with Crippen LogP contribution in [-0.2, 0) is 0 Å². The van der Waals surface area contributed by atoms with Crippen LogP contribution >= 0.6 is 0 Å². The molecular weight excluding hydrogens is 426 g/mol. The first-order valence-electron chi connectivity index (χ1n) is 11.7. The molecule has 1 aromatic heterocycles. The molecule has 166 valence electrons. The summed E-state index contributed by atoms with van der Waals surface area (Å²) in [5, 5.41) is 11.2. The van der Waals surface area contributed by atoms with Crippen LogP contribution in [0, 0.1) is 0 Å². The summed E-state index contributed by atoms with van der Waals surface area (Å²) < 4.78 is 1.94. The highest BCUT2D eigenvalue weighted by Crippen LogP contribution is 2.21. The second-order valence-electron chi connectivity index (χ2n) is 8.39. The van der Waals surface area contributed by atoms with Crippen LogP contribution in [0.25, 0.3) is 22.3 Å². The van der Waals surface area contributed by atoms with E-state index in [1.807, 2.05) is 28.9 Å². The number of hydrogen-bond acceptors (Lipinski definition) is 2. The molecule has 3 heteroatoms. The molecule has 0 spiro atoms. The maximum Gasteiger partial charge on any atom is 0.113 e. The summed E-state index contributed by atoms with van der Waals surface area (Å²) in [6.07, 6.45) is 0. The molecular formula is C32H23N3. The van der Waals surface area contributed by atoms with Gasteiger partial charge < -0.3 is 0 Å². The molecule has 0 fully saturated rings. The van der Waals surface area contributed by atoms with Crippen LogP contribution in [0.15, 0.2) is 140 Å². The minimum atomic E-state index is 0.876. The van der Waals surface area contributed by atoms with E-state index in [0.717, 1.165) is 27.5 Å². The lowest BCUT2D eigenvalue weighted by Crippen LogP contribution is -2.18. The second-order valence-corrected chi connectivity index (χ2v) is 8.39. The van der Waals surface area contributed by atoms with E-state index < -0.39 is 0 Å². The standard InChI is InChI=1S/C32H23N3/c1-4-12-24(13-5-1)31(25-14-6-2-7-15-25)26-20-22-28(23-21-26)32(27-16-8-3-9-17-27)35-30-19-11-10-18-29(30)33-34-35/h1-23H. The smallest absolute Gasteiger partial charge is 0.113 e. The second kappa shape index (κ2) is 9.24. The maximum absolute atomic E-state index is 4.53. The van der Waals surface area contributed by atoms with E-state index in [9.17, 15) is 0 Å². The van der Waals surface area contributed by atoms with Crippen molar-refractivity contribution in [1.82, 2.24) is 15.0 Å². The summed E-state index contributed by atoms with van der Waals surface area (Å²) >= 11 is 0. The van der Waals surface area contributed by atoms with Gasteiger partial charge >= 0.3 is 0 Å². The molecule has 35 heavy (non-hydrogen) atoms. The number of benzene rings is 5. The van der Waals surface area contributed by atoms with Crippen LogP contribution in [0.2, 0.25) is 0 Å². The lowest BCUT2D eigenvalue weighted by Gasteiger charge is -2.11. The van der Waals surface area contributed by atoms with Crippen LogP contribution in [0.5, 0.6) is 0 Å². The van der Waals surface area contributed by atoms with Crippen molar-refractivity contribution in [3.05, 3.63) is 167 Å². The molecule has 3 nitrogen and oxygen atoms in total. The van der Waals surface area contributed by atoms with Gasteiger partial charge in [0.1, 0.15) is 5.52 Å². The summed E-state index contributed by atoms with van der Waals surface area (Å²) in [4.78, 5) is 0. The van der Waals surface area contributed by atoms with E-state index >= 15 is 0 Å². The van der Waals surface area contributed by atoms with Crippen LogP contribution < -0.4 is 10.4 Å². The highest BCUT2D eigenvalue weighted by atomic mass is 15.4. The third-order valence-electron chi connectivity index (χ3n) is 6.18. The Morgan fingerprint density at radius 3 is 1.54 bits per heavy atom. The SMILES string of the molecule is c1ccc(C(c2ccccc2)=c2ccc(=C(c3ccccc3)n3nnc4ccccc43)cc2)cc1. The number of nitrogens with zero attached hydrogens (tertiary/aromatic N) is 3. The number of fused-ring (bicyclic) bond motifs is 1. The lowest BCUT2D eigenvalue weighted by molar-refractivity contribution is 0.837. The maximum atomic E-state index is 4.53. The van der Waals surface area contributed by atoms with Crippen LogP contribution in [-0.4, -0.2) is 15.0 Å². The lowest BCUT2D eigenvalue weighted by atomic mass is 9.95. The molecule has 1 heterocycles. The Morgan fingerprint density at radius 2 is 0.943 bits per heavy atom. The van der Waals surface area contributed by atoms with E-state index in [-0.39, 0.29) is 0 Å². The molecule has 0 unspecified atom stereocenters. The summed E-state index contributed by atoms with van der Waals surface area (Å²) in [5.74, 6) is 0. The fraction of sp³-hybridized carbons (Fsp3) is 0. The van der Waals surface area contributed by atoms with Gasteiger partial charge in [0.2, 0.25) is 0 Å². The average Bonchev–Trinajstić information content (AvgIpc) is 3.36. The highest BCUT2D eigenvalue weighted by Gasteiger charge is 2.12. The Bertz CT molecular complexity index is 1650. The predicted molar refractivity (Wildman–Crippen MR) is 142 cm³/mol. The Hall–Kier alpha value is -4.76. The van der Waals surface area contributed by atoms with Gasteiger partial charge in [-0.1, -0.05) is 133 Å². The minimum absolute atomic E-state index is 0.876. The summed E-state index contributed by atoms with van der Waals surface area (Å²) in [7, 11) is 0. The van der Waals surface area contributed by atoms with Crippen molar-refractivity contribution in [3.8, 4) is 0 Å². The molecule has 0 amide bonds. The summed E-state index contributed by atoms with van der Waals surface area (Å²) in [6, 6.07) is 48.3. The first kappa shape index (κ1) is 20.8. The molecule has 6 rings (SSSR count). The third-order valence-corrected chi connectivity index (χ3v) is 6.18. The fourth-order valence-corrected chi connectivity index (χ4v) is 4.55. The molecule has 0 N–H and O–H groups in total. The van der Waals surface area contributed by atoms with Gasteiger partial charge in [0.15, 0.2) is 0 Å². The van der Waals surface area contributed by atoms with Gasteiger partial charge in [-0.25, -0.2) is 4.68 Å². The number of hydrogen-bond donors (Lipinski definition) is 0. The number of rotatable bonds is 4. The zero-order valence-corrected chi connectivity index (χ0v) is 19.1. The average molecular weight is 450 g/mol. The van der Waals surface area contributed by atoms with Crippen molar-refractivity contribution in [2.45, 2.75) is 0 Å². The normalized spacial score (nSPS) is 10.9. The molecule has 0 saturated carbocycles. The molecule has 6 aromatic rings. The van der Waals surface area contributed by atoms with Crippen LogP contribution in [0.3, 0.4) is 0 Å². The van der Waals surface area contributed by atoms with Gasteiger partial charge in [-0.05, 0) is 34.1 Å². The Morgan fingerprint density at radius 1 is 0.457 bits per heavy atom. The first-order chi connectivity index (χ1) is 17.4. The first-order valence-corrected chi connectivity index (χ1v) is 11.7. The molecule has 0 aliphatic rings. The van der Waals surface area contributed by atoms with Crippen LogP contribution in [0.4, 0.5) is 0 Å². The number of aromatic nitrogens is 3. The van der Waals surface area contributed by atoms with Gasteiger partial charge in [-0.3, -0.25) is 0 Å². The van der Waals surface area contributed by atoms with E-state index in [2.05, 4.69) is 126 Å². The van der Waals surface area contributed by atoms with Gasteiger partial charge in [0, 0.05) is 10.8 Å². The monoisotopic (exact) mass is 449 g/mol. The topological polar surface area (TPSA) is 30.7 Å². The molecule has 0 radical (unpaired) electrons. The van der Waals surface area contributed by atoms with Gasteiger partial charge in [-0.15, -0.1) is 5.10 Å². The zero-order chi connectivity index (χ0) is 23.5. The van der Waals surface area contributed by atoms with E-state index in [1.54, 1.807) is 0 Å². The molecule has 0 aliphatic heterocycles. The molecule has 5 aromatic carbocycles. The predicted octanol–water partition coefficient (Wildman–Crippen LogP) is 5.38. The van der Waals surface area contributed by atoms with Crippen molar-refractivity contribution in [1.29, 1.82) is 0 Å². The molecule has 0 aliphatic carbocycles. The Labute approximate surface area is 203 Å². The van der Waals surface area contributed by atoms with Crippen molar-refractivity contribution in [2.24, 2.45) is 0 Å². The van der Waals surface area contributed by atoms with E-state index in [4.69, 9.17) is 0 Å². The largest absolute Gasteiger partial charge is 0.212 e. The van der Waals surface area contributed by atoms with Gasteiger partial charge in [0.25, 0.3) is 0 Å². The van der Waals surface area contributed by atoms with Gasteiger partial charge in [-0.2, -0.15) is 0 Å².